The molecule has 1 atom stereocenters. The lowest BCUT2D eigenvalue weighted by Gasteiger charge is -2.17. The van der Waals surface area contributed by atoms with Crippen LogP contribution >= 0.6 is 15.9 Å². The summed E-state index contributed by atoms with van der Waals surface area (Å²) >= 11 is 3.47. The number of ether oxygens (including phenoxy) is 2. The smallest absolute Gasteiger partial charge is 0.141 e. The van der Waals surface area contributed by atoms with Gasteiger partial charge in [-0.3, -0.25) is 0 Å². The topological polar surface area (TPSA) is 62.3 Å². The Kier molecular flexibility index (Phi) is 4.11. The van der Waals surface area contributed by atoms with Crippen molar-refractivity contribution in [3.63, 3.8) is 0 Å². The second-order valence-electron chi connectivity index (χ2n) is 4.15. The number of methoxy groups -OCH3 is 2. The zero-order valence-corrected chi connectivity index (χ0v) is 12.6. The molecule has 2 N–H and O–H groups in total. The quantitative estimate of drug-likeness (QED) is 0.936. The molecule has 0 aliphatic carbocycles. The average Bonchev–Trinajstić information content (AvgIpc) is 2.84. The Hall–Kier alpha value is -1.53. The fourth-order valence-electron chi connectivity index (χ4n) is 1.92. The monoisotopic (exact) mass is 325 g/mol. The largest absolute Gasteiger partial charge is 0.495 e. The number of imidazole rings is 1. The predicted octanol–water partition coefficient (Wildman–Crippen LogP) is 2.25. The third-order valence-corrected chi connectivity index (χ3v) is 3.65. The van der Waals surface area contributed by atoms with E-state index in [1.165, 1.54) is 0 Å². The second-order valence-corrected chi connectivity index (χ2v) is 4.94. The first-order valence-corrected chi connectivity index (χ1v) is 6.51. The van der Waals surface area contributed by atoms with Gasteiger partial charge in [-0.25, -0.2) is 4.98 Å². The number of nitrogens with zero attached hydrogens (tertiary/aromatic N) is 2. The van der Waals surface area contributed by atoms with Gasteiger partial charge < -0.3 is 19.8 Å². The maximum atomic E-state index is 6.25. The molecule has 5 nitrogen and oxygen atoms in total. The molecule has 1 heterocycles. The van der Waals surface area contributed by atoms with Gasteiger partial charge in [-0.05, 0) is 28.1 Å². The molecule has 0 aliphatic heterocycles. The third kappa shape index (κ3) is 2.59. The van der Waals surface area contributed by atoms with Gasteiger partial charge >= 0.3 is 0 Å². The minimum Gasteiger partial charge on any atom is -0.495 e. The van der Waals surface area contributed by atoms with Crippen molar-refractivity contribution in [1.82, 2.24) is 9.55 Å². The summed E-state index contributed by atoms with van der Waals surface area (Å²) in [6, 6.07) is 3.39. The summed E-state index contributed by atoms with van der Waals surface area (Å²) in [5.74, 6) is 1.37. The molecule has 0 radical (unpaired) electrons. The highest BCUT2D eigenvalue weighted by atomic mass is 79.9. The Morgan fingerprint density at radius 3 is 2.58 bits per heavy atom. The van der Waals surface area contributed by atoms with Crippen molar-refractivity contribution in [2.24, 2.45) is 12.8 Å². The van der Waals surface area contributed by atoms with Crippen LogP contribution in [-0.2, 0) is 7.05 Å². The maximum absolute atomic E-state index is 6.25. The molecule has 0 fully saturated rings. The van der Waals surface area contributed by atoms with Gasteiger partial charge in [0.2, 0.25) is 0 Å². The Morgan fingerprint density at radius 2 is 2.05 bits per heavy atom. The molecule has 19 heavy (non-hydrogen) atoms. The number of rotatable bonds is 4. The Balaban J connectivity index is 2.47. The summed E-state index contributed by atoms with van der Waals surface area (Å²) in [5.41, 5.74) is 7.89. The first kappa shape index (κ1) is 13.9. The first-order chi connectivity index (χ1) is 9.08. The molecule has 1 aromatic carbocycles. The molecule has 102 valence electrons. The van der Waals surface area contributed by atoms with E-state index in [1.54, 1.807) is 20.5 Å². The SMILES string of the molecule is COc1ccc(C(N)c2cn(C)cn2)c(OC)c1Br. The van der Waals surface area contributed by atoms with E-state index in [-0.39, 0.29) is 6.04 Å². The van der Waals surface area contributed by atoms with Crippen LogP contribution in [0.1, 0.15) is 17.3 Å². The third-order valence-electron chi connectivity index (χ3n) is 2.89. The number of benzene rings is 1. The van der Waals surface area contributed by atoms with Crippen molar-refractivity contribution in [3.05, 3.63) is 40.4 Å². The van der Waals surface area contributed by atoms with Crippen LogP contribution < -0.4 is 15.2 Å². The van der Waals surface area contributed by atoms with Gasteiger partial charge in [-0.2, -0.15) is 0 Å². The normalized spacial score (nSPS) is 12.3. The van der Waals surface area contributed by atoms with E-state index in [0.717, 1.165) is 15.7 Å². The lowest BCUT2D eigenvalue weighted by molar-refractivity contribution is 0.385. The highest BCUT2D eigenvalue weighted by molar-refractivity contribution is 9.10. The zero-order valence-electron chi connectivity index (χ0n) is 11.1. The van der Waals surface area contributed by atoms with Gasteiger partial charge in [0, 0.05) is 18.8 Å². The van der Waals surface area contributed by atoms with E-state index in [9.17, 15) is 0 Å². The highest BCUT2D eigenvalue weighted by Crippen LogP contribution is 2.40. The molecule has 2 aromatic rings. The van der Waals surface area contributed by atoms with Gasteiger partial charge in [-0.1, -0.05) is 0 Å². The van der Waals surface area contributed by atoms with Gasteiger partial charge in [0.25, 0.3) is 0 Å². The van der Waals surface area contributed by atoms with Crippen molar-refractivity contribution >= 4 is 15.9 Å². The van der Waals surface area contributed by atoms with Crippen LogP contribution in [0.3, 0.4) is 0 Å². The van der Waals surface area contributed by atoms with Crippen molar-refractivity contribution < 1.29 is 9.47 Å². The summed E-state index contributed by atoms with van der Waals surface area (Å²) in [4.78, 5) is 4.28. The Morgan fingerprint density at radius 1 is 1.32 bits per heavy atom. The molecule has 1 unspecified atom stereocenters. The van der Waals surface area contributed by atoms with Crippen LogP contribution in [0.4, 0.5) is 0 Å². The minimum absolute atomic E-state index is 0.349. The molecule has 0 aliphatic rings. The van der Waals surface area contributed by atoms with Crippen LogP contribution in [0.2, 0.25) is 0 Å². The summed E-state index contributed by atoms with van der Waals surface area (Å²) in [6.07, 6.45) is 3.61. The number of nitrogens with two attached hydrogens (primary N) is 1. The van der Waals surface area contributed by atoms with Gasteiger partial charge in [-0.15, -0.1) is 0 Å². The lowest BCUT2D eigenvalue weighted by atomic mass is 10.0. The highest BCUT2D eigenvalue weighted by Gasteiger charge is 2.20. The molecule has 0 amide bonds. The first-order valence-electron chi connectivity index (χ1n) is 5.72. The molecule has 1 aromatic heterocycles. The van der Waals surface area contributed by atoms with Crippen molar-refractivity contribution in [2.75, 3.05) is 14.2 Å². The van der Waals surface area contributed by atoms with E-state index in [1.807, 2.05) is 29.9 Å². The molecule has 2 rings (SSSR count). The second kappa shape index (κ2) is 5.63. The van der Waals surface area contributed by atoms with Gasteiger partial charge in [0.15, 0.2) is 0 Å². The summed E-state index contributed by atoms with van der Waals surface area (Å²) < 4.78 is 13.3. The molecule has 0 saturated heterocycles. The van der Waals surface area contributed by atoms with Crippen LogP contribution in [-0.4, -0.2) is 23.8 Å². The Labute approximate surface area is 120 Å². The lowest BCUT2D eigenvalue weighted by Crippen LogP contribution is -2.14. The summed E-state index contributed by atoms with van der Waals surface area (Å²) in [7, 11) is 5.12. The van der Waals surface area contributed by atoms with Gasteiger partial charge in [0.05, 0.1) is 32.3 Å². The van der Waals surface area contributed by atoms with E-state index >= 15 is 0 Å². The van der Waals surface area contributed by atoms with E-state index in [2.05, 4.69) is 20.9 Å². The number of halogens is 1. The molecular weight excluding hydrogens is 310 g/mol. The predicted molar refractivity (Wildman–Crippen MR) is 76.5 cm³/mol. The van der Waals surface area contributed by atoms with Crippen LogP contribution in [0, 0.1) is 0 Å². The fraction of sp³-hybridized carbons (Fsp3) is 0.308. The average molecular weight is 326 g/mol. The molecule has 0 spiro atoms. The number of hydrogen-bond acceptors (Lipinski definition) is 4. The molecule has 0 saturated carbocycles. The van der Waals surface area contributed by atoms with Crippen molar-refractivity contribution in [3.8, 4) is 11.5 Å². The van der Waals surface area contributed by atoms with Crippen molar-refractivity contribution in [2.45, 2.75) is 6.04 Å². The van der Waals surface area contributed by atoms with Crippen LogP contribution in [0.5, 0.6) is 11.5 Å². The molecule has 6 heteroatoms. The van der Waals surface area contributed by atoms with E-state index in [4.69, 9.17) is 15.2 Å². The number of hydrogen-bond donors (Lipinski definition) is 1. The Bertz CT molecular complexity index is 583. The standard InChI is InChI=1S/C13H16BrN3O2/c1-17-6-9(16-7-17)12(15)8-4-5-10(18-2)11(14)13(8)19-3/h4-7,12H,15H2,1-3H3. The fourth-order valence-corrected chi connectivity index (χ4v) is 2.60. The van der Waals surface area contributed by atoms with Crippen molar-refractivity contribution in [1.29, 1.82) is 0 Å². The molecular formula is C13H16BrN3O2. The summed E-state index contributed by atoms with van der Waals surface area (Å²) in [6.45, 7) is 0. The minimum atomic E-state index is -0.349. The van der Waals surface area contributed by atoms with Crippen LogP contribution in [0.25, 0.3) is 0 Å². The number of aryl methyl sites for hydroxylation is 1. The summed E-state index contributed by atoms with van der Waals surface area (Å²) in [5, 5.41) is 0. The van der Waals surface area contributed by atoms with Gasteiger partial charge in [0.1, 0.15) is 16.0 Å². The zero-order chi connectivity index (χ0) is 14.0. The number of aromatic nitrogens is 2. The van der Waals surface area contributed by atoms with E-state index < -0.39 is 0 Å². The molecule has 0 bridgehead atoms. The maximum Gasteiger partial charge on any atom is 0.141 e. The van der Waals surface area contributed by atoms with E-state index in [0.29, 0.717) is 11.5 Å². The van der Waals surface area contributed by atoms with Crippen LogP contribution in [0.15, 0.2) is 29.1 Å².